The Morgan fingerprint density at radius 2 is 1.84 bits per heavy atom. The van der Waals surface area contributed by atoms with E-state index in [-0.39, 0.29) is 28.9 Å². The number of benzene rings is 1. The first-order valence-corrected chi connectivity index (χ1v) is 9.59. The summed E-state index contributed by atoms with van der Waals surface area (Å²) in [5.74, 6) is 2.52. The average molecular weight is 345 g/mol. The Bertz CT molecular complexity index is 637. The summed E-state index contributed by atoms with van der Waals surface area (Å²) in [6, 6.07) is 4.69. The van der Waals surface area contributed by atoms with E-state index in [4.69, 9.17) is 4.74 Å². The first-order valence-electron chi connectivity index (χ1n) is 9.59. The van der Waals surface area contributed by atoms with Crippen LogP contribution in [0, 0.1) is 29.0 Å². The number of carbonyl (C=O) groups excluding carboxylic acids is 1. The number of rotatable bonds is 5. The fourth-order valence-electron chi connectivity index (χ4n) is 6.17. The predicted octanol–water partition coefficient (Wildman–Crippen LogP) is 4.62. The summed E-state index contributed by atoms with van der Waals surface area (Å²) in [6.07, 6.45) is 8.51. The highest BCUT2D eigenvalue weighted by atomic mass is 19.1. The SMILES string of the molecule is COc1ccc(C(C)NC(=O)CC23CC4CC(CC(C4)C2)C3)cc1F. The van der Waals surface area contributed by atoms with Crippen LogP contribution in [0.4, 0.5) is 4.39 Å². The van der Waals surface area contributed by atoms with E-state index in [0.29, 0.717) is 6.42 Å². The number of methoxy groups -OCH3 is 1. The Kier molecular flexibility index (Phi) is 4.25. The zero-order valence-corrected chi connectivity index (χ0v) is 15.2. The number of halogens is 1. The summed E-state index contributed by atoms with van der Waals surface area (Å²) in [4.78, 5) is 12.7. The van der Waals surface area contributed by atoms with Gasteiger partial charge >= 0.3 is 0 Å². The van der Waals surface area contributed by atoms with Gasteiger partial charge in [-0.2, -0.15) is 0 Å². The quantitative estimate of drug-likeness (QED) is 0.846. The minimum absolute atomic E-state index is 0.116. The fraction of sp³-hybridized carbons (Fsp3) is 0.667. The van der Waals surface area contributed by atoms with Crippen molar-refractivity contribution in [3.63, 3.8) is 0 Å². The summed E-state index contributed by atoms with van der Waals surface area (Å²) >= 11 is 0. The fourth-order valence-corrected chi connectivity index (χ4v) is 6.17. The minimum atomic E-state index is -0.387. The van der Waals surface area contributed by atoms with E-state index in [0.717, 1.165) is 23.3 Å². The molecule has 4 aliphatic carbocycles. The molecule has 0 aliphatic heterocycles. The van der Waals surface area contributed by atoms with E-state index in [1.807, 2.05) is 13.0 Å². The number of hydrogen-bond donors (Lipinski definition) is 1. The lowest BCUT2D eigenvalue weighted by Gasteiger charge is -2.56. The van der Waals surface area contributed by atoms with Crippen LogP contribution >= 0.6 is 0 Å². The van der Waals surface area contributed by atoms with Gasteiger partial charge in [0.15, 0.2) is 11.6 Å². The van der Waals surface area contributed by atoms with Crippen molar-refractivity contribution in [2.75, 3.05) is 7.11 Å². The molecule has 136 valence electrons. The molecule has 4 heteroatoms. The van der Waals surface area contributed by atoms with E-state index in [9.17, 15) is 9.18 Å². The molecule has 1 amide bonds. The number of amides is 1. The number of ether oxygens (including phenoxy) is 1. The van der Waals surface area contributed by atoms with Crippen LogP contribution in [0.5, 0.6) is 5.75 Å². The van der Waals surface area contributed by atoms with Crippen LogP contribution in [-0.2, 0) is 4.79 Å². The van der Waals surface area contributed by atoms with Crippen molar-refractivity contribution in [3.05, 3.63) is 29.6 Å². The summed E-state index contributed by atoms with van der Waals surface area (Å²) in [5, 5.41) is 3.09. The van der Waals surface area contributed by atoms with E-state index >= 15 is 0 Å². The number of hydrogen-bond acceptors (Lipinski definition) is 2. The van der Waals surface area contributed by atoms with E-state index in [2.05, 4.69) is 5.32 Å². The van der Waals surface area contributed by atoms with Crippen molar-refractivity contribution >= 4 is 5.91 Å². The second-order valence-corrected chi connectivity index (χ2v) is 8.78. The molecule has 1 unspecified atom stereocenters. The van der Waals surface area contributed by atoms with Crippen molar-refractivity contribution in [3.8, 4) is 5.75 Å². The van der Waals surface area contributed by atoms with Gasteiger partial charge in [-0.25, -0.2) is 4.39 Å². The molecule has 4 fully saturated rings. The molecule has 0 aromatic heterocycles. The molecule has 4 saturated carbocycles. The highest BCUT2D eigenvalue weighted by Crippen LogP contribution is 2.61. The van der Waals surface area contributed by atoms with Crippen molar-refractivity contribution in [2.24, 2.45) is 23.2 Å². The second kappa shape index (κ2) is 6.30. The van der Waals surface area contributed by atoms with E-state index in [1.54, 1.807) is 6.07 Å². The summed E-state index contributed by atoms with van der Waals surface area (Å²) in [5.41, 5.74) is 1.01. The summed E-state index contributed by atoms with van der Waals surface area (Å²) in [7, 11) is 1.45. The molecule has 0 heterocycles. The molecule has 0 spiro atoms. The standard InChI is InChI=1S/C21H28FNO2/c1-13(17-3-4-19(25-2)18(22)8-17)23-20(24)12-21-9-14-5-15(10-21)7-16(6-14)11-21/h3-4,8,13-16H,5-7,9-12H2,1-2H3,(H,23,24). The Morgan fingerprint density at radius 1 is 1.24 bits per heavy atom. The van der Waals surface area contributed by atoms with Gasteiger partial charge in [0, 0.05) is 6.42 Å². The lowest BCUT2D eigenvalue weighted by molar-refractivity contribution is -0.130. The maximum atomic E-state index is 13.9. The maximum absolute atomic E-state index is 13.9. The van der Waals surface area contributed by atoms with Crippen molar-refractivity contribution in [1.29, 1.82) is 0 Å². The van der Waals surface area contributed by atoms with Gasteiger partial charge in [-0.3, -0.25) is 4.79 Å². The molecular weight excluding hydrogens is 317 g/mol. The first-order chi connectivity index (χ1) is 12.0. The highest BCUT2D eigenvalue weighted by molar-refractivity contribution is 5.77. The Morgan fingerprint density at radius 3 is 2.36 bits per heavy atom. The highest BCUT2D eigenvalue weighted by Gasteiger charge is 2.51. The molecule has 3 nitrogen and oxygen atoms in total. The van der Waals surface area contributed by atoms with Crippen molar-refractivity contribution in [1.82, 2.24) is 5.32 Å². The van der Waals surface area contributed by atoms with Crippen LogP contribution in [0.25, 0.3) is 0 Å². The minimum Gasteiger partial charge on any atom is -0.494 e. The van der Waals surface area contributed by atoms with Gasteiger partial charge in [0.2, 0.25) is 5.91 Å². The third-order valence-corrected chi connectivity index (χ3v) is 6.75. The predicted molar refractivity (Wildman–Crippen MR) is 94.7 cm³/mol. The van der Waals surface area contributed by atoms with Gasteiger partial charge in [-0.1, -0.05) is 6.07 Å². The molecule has 4 bridgehead atoms. The van der Waals surface area contributed by atoms with Crippen LogP contribution in [-0.4, -0.2) is 13.0 Å². The molecule has 25 heavy (non-hydrogen) atoms. The molecule has 1 aromatic rings. The molecule has 1 atom stereocenters. The van der Waals surface area contributed by atoms with Crippen molar-refractivity contribution < 1.29 is 13.9 Å². The van der Waals surface area contributed by atoms with Crippen molar-refractivity contribution in [2.45, 2.75) is 57.9 Å². The topological polar surface area (TPSA) is 38.3 Å². The molecular formula is C21H28FNO2. The Hall–Kier alpha value is -1.58. The van der Waals surface area contributed by atoms with Crippen LogP contribution in [0.15, 0.2) is 18.2 Å². The van der Waals surface area contributed by atoms with Gasteiger partial charge in [0.1, 0.15) is 0 Å². The number of nitrogens with one attached hydrogen (secondary N) is 1. The molecule has 0 saturated heterocycles. The van der Waals surface area contributed by atoms with Crippen LogP contribution in [0.2, 0.25) is 0 Å². The monoisotopic (exact) mass is 345 g/mol. The van der Waals surface area contributed by atoms with E-state index < -0.39 is 0 Å². The van der Waals surface area contributed by atoms with Crippen LogP contribution in [0.1, 0.15) is 63.5 Å². The summed E-state index contributed by atoms with van der Waals surface area (Å²) < 4.78 is 18.9. The normalized spacial score (nSPS) is 34.0. The number of carbonyl (C=O) groups is 1. The van der Waals surface area contributed by atoms with E-state index in [1.165, 1.54) is 51.7 Å². The van der Waals surface area contributed by atoms with Crippen LogP contribution < -0.4 is 10.1 Å². The zero-order valence-electron chi connectivity index (χ0n) is 15.2. The largest absolute Gasteiger partial charge is 0.494 e. The third kappa shape index (κ3) is 3.28. The lowest BCUT2D eigenvalue weighted by Crippen LogP contribution is -2.48. The maximum Gasteiger partial charge on any atom is 0.221 e. The van der Waals surface area contributed by atoms with Gasteiger partial charge in [0.25, 0.3) is 0 Å². The first kappa shape index (κ1) is 16.9. The Balaban J connectivity index is 1.40. The molecule has 1 aromatic carbocycles. The molecule has 5 rings (SSSR count). The van der Waals surface area contributed by atoms with Gasteiger partial charge < -0.3 is 10.1 Å². The lowest BCUT2D eigenvalue weighted by atomic mass is 9.49. The zero-order chi connectivity index (χ0) is 17.6. The molecule has 1 N–H and O–H groups in total. The van der Waals surface area contributed by atoms with Gasteiger partial charge in [-0.05, 0) is 86.3 Å². The Labute approximate surface area is 149 Å². The van der Waals surface area contributed by atoms with Gasteiger partial charge in [-0.15, -0.1) is 0 Å². The smallest absolute Gasteiger partial charge is 0.221 e. The summed E-state index contributed by atoms with van der Waals surface area (Å²) in [6.45, 7) is 1.92. The average Bonchev–Trinajstić information content (AvgIpc) is 2.52. The molecule has 4 aliphatic rings. The van der Waals surface area contributed by atoms with Gasteiger partial charge in [0.05, 0.1) is 13.2 Å². The third-order valence-electron chi connectivity index (χ3n) is 6.75. The second-order valence-electron chi connectivity index (χ2n) is 8.78. The van der Waals surface area contributed by atoms with Crippen LogP contribution in [0.3, 0.4) is 0 Å². The molecule has 0 radical (unpaired) electrons.